The van der Waals surface area contributed by atoms with Crippen LogP contribution in [0.15, 0.2) is 0 Å². The van der Waals surface area contributed by atoms with Gasteiger partial charge in [-0.15, -0.1) is 0 Å². The summed E-state index contributed by atoms with van der Waals surface area (Å²) in [5.41, 5.74) is 0. The molecule has 0 rings (SSSR count). The number of aliphatic carboxylic acids is 1. The number of aliphatic hydroxyl groups excluding tert-OH is 1. The van der Waals surface area contributed by atoms with Crippen LogP contribution in [0.4, 0.5) is 13.6 Å². The predicted molar refractivity (Wildman–Crippen MR) is 50.3 cm³/mol. The lowest BCUT2D eigenvalue weighted by Crippen LogP contribution is -2.48. The van der Waals surface area contributed by atoms with Gasteiger partial charge in [0.2, 0.25) is 0 Å². The van der Waals surface area contributed by atoms with Crippen LogP contribution in [0.25, 0.3) is 0 Å². The van der Waals surface area contributed by atoms with Crippen molar-refractivity contribution >= 4 is 12.0 Å². The summed E-state index contributed by atoms with van der Waals surface area (Å²) in [6.07, 6.45) is -2.86. The second kappa shape index (κ2) is 6.94. The molecule has 0 aromatic carbocycles. The first kappa shape index (κ1) is 14.6. The van der Waals surface area contributed by atoms with E-state index in [-0.39, 0.29) is 6.42 Å². The topological polar surface area (TPSA) is 89.9 Å². The number of hydrogen-bond acceptors (Lipinski definition) is 3. The summed E-state index contributed by atoms with van der Waals surface area (Å²) in [5.74, 6) is -1.33. The molecule has 1 atom stereocenters. The van der Waals surface area contributed by atoms with Gasteiger partial charge in [-0.3, -0.25) is 0 Å². The van der Waals surface area contributed by atoms with Crippen molar-refractivity contribution in [2.24, 2.45) is 0 Å². The molecule has 1 unspecified atom stereocenters. The van der Waals surface area contributed by atoms with Gasteiger partial charge in [0.05, 0.1) is 6.54 Å². The maximum Gasteiger partial charge on any atom is 0.326 e. The number of nitrogens with one attached hydrogen (secondary N) is 1. The highest BCUT2D eigenvalue weighted by atomic mass is 19.3. The molecule has 6 nitrogen and oxygen atoms in total. The minimum atomic E-state index is -2.68. The quantitative estimate of drug-likeness (QED) is 0.596. The number of carboxylic acids is 1. The average molecular weight is 240 g/mol. The van der Waals surface area contributed by atoms with Gasteiger partial charge < -0.3 is 20.4 Å². The Kier molecular flexibility index (Phi) is 6.31. The summed E-state index contributed by atoms with van der Waals surface area (Å²) in [6, 6.07) is -2.20. The molecule has 8 heteroatoms. The van der Waals surface area contributed by atoms with Gasteiger partial charge in [0.25, 0.3) is 6.43 Å². The fourth-order valence-corrected chi connectivity index (χ4v) is 0.936. The second-order valence-electron chi connectivity index (χ2n) is 3.12. The zero-order chi connectivity index (χ0) is 12.7. The number of rotatable bonds is 6. The van der Waals surface area contributed by atoms with E-state index in [1.165, 1.54) is 0 Å². The fraction of sp³-hybridized carbons (Fsp3) is 0.750. The van der Waals surface area contributed by atoms with E-state index in [0.29, 0.717) is 4.90 Å². The van der Waals surface area contributed by atoms with Crippen LogP contribution < -0.4 is 5.32 Å². The normalized spacial score (nSPS) is 12.3. The minimum absolute atomic E-state index is 0.177. The molecule has 0 aliphatic carbocycles. The lowest BCUT2D eigenvalue weighted by molar-refractivity contribution is -0.139. The number of carboxylic acid groups (broad SMARTS) is 1. The molecule has 0 saturated carbocycles. The molecule has 3 N–H and O–H groups in total. The van der Waals surface area contributed by atoms with E-state index in [2.05, 4.69) is 0 Å². The third kappa shape index (κ3) is 5.44. The summed E-state index contributed by atoms with van der Waals surface area (Å²) in [4.78, 5) is 22.5. The van der Waals surface area contributed by atoms with E-state index in [0.717, 1.165) is 7.05 Å². The second-order valence-corrected chi connectivity index (χ2v) is 3.12. The Hall–Kier alpha value is -1.44. The Morgan fingerprint density at radius 3 is 2.38 bits per heavy atom. The molecule has 0 aliphatic rings. The predicted octanol–water partition coefficient (Wildman–Crippen LogP) is -0.272. The van der Waals surface area contributed by atoms with E-state index in [9.17, 15) is 18.4 Å². The summed E-state index contributed by atoms with van der Waals surface area (Å²) in [6.45, 7) is -1.20. The Morgan fingerprint density at radius 2 is 2.00 bits per heavy atom. The highest BCUT2D eigenvalue weighted by Gasteiger charge is 2.22. The van der Waals surface area contributed by atoms with Crippen LogP contribution in [-0.4, -0.2) is 59.8 Å². The number of alkyl halides is 2. The first-order valence-electron chi connectivity index (χ1n) is 4.52. The monoisotopic (exact) mass is 240 g/mol. The van der Waals surface area contributed by atoms with Crippen LogP contribution in [0.5, 0.6) is 0 Å². The Labute approximate surface area is 90.8 Å². The lowest BCUT2D eigenvalue weighted by atomic mass is 10.2. The van der Waals surface area contributed by atoms with Crippen molar-refractivity contribution in [3.05, 3.63) is 0 Å². The zero-order valence-corrected chi connectivity index (χ0v) is 8.69. The molecule has 0 saturated heterocycles. The smallest absolute Gasteiger partial charge is 0.326 e. The number of urea groups is 1. The molecule has 16 heavy (non-hydrogen) atoms. The maximum absolute atomic E-state index is 11.9. The summed E-state index contributed by atoms with van der Waals surface area (Å²) in [5, 5.41) is 19.2. The number of aliphatic hydroxyl groups is 1. The van der Waals surface area contributed by atoms with Gasteiger partial charge in [0, 0.05) is 20.1 Å². The minimum Gasteiger partial charge on any atom is -0.480 e. The van der Waals surface area contributed by atoms with Crippen LogP contribution in [0.2, 0.25) is 0 Å². The van der Waals surface area contributed by atoms with Crippen molar-refractivity contribution in [2.75, 3.05) is 20.2 Å². The fourth-order valence-electron chi connectivity index (χ4n) is 0.936. The molecule has 0 aliphatic heterocycles. The van der Waals surface area contributed by atoms with Gasteiger partial charge in [-0.25, -0.2) is 18.4 Å². The van der Waals surface area contributed by atoms with Gasteiger partial charge in [0.1, 0.15) is 6.04 Å². The molecule has 2 amide bonds. The van der Waals surface area contributed by atoms with E-state index in [1.54, 1.807) is 0 Å². The highest BCUT2D eigenvalue weighted by molar-refractivity contribution is 5.82. The first-order valence-corrected chi connectivity index (χ1v) is 4.52. The van der Waals surface area contributed by atoms with Gasteiger partial charge in [0.15, 0.2) is 0 Å². The molecule has 0 aromatic heterocycles. The first-order chi connectivity index (χ1) is 7.38. The van der Waals surface area contributed by atoms with Crippen LogP contribution >= 0.6 is 0 Å². The van der Waals surface area contributed by atoms with Crippen molar-refractivity contribution in [3.8, 4) is 0 Å². The zero-order valence-electron chi connectivity index (χ0n) is 8.69. The molecule has 0 heterocycles. The standard InChI is InChI=1S/C8H14F2N2O4/c1-12(4-6(9)10)8(16)11-5(2-3-13)7(14)15/h5-6,13H,2-4H2,1H3,(H,11,16)(H,14,15). The number of carbonyl (C=O) groups excluding carboxylic acids is 1. The van der Waals surface area contributed by atoms with Crippen molar-refractivity contribution in [1.29, 1.82) is 0 Å². The van der Waals surface area contributed by atoms with Crippen LogP contribution in [-0.2, 0) is 4.79 Å². The lowest BCUT2D eigenvalue weighted by Gasteiger charge is -2.20. The molecule has 0 fully saturated rings. The molecule has 0 spiro atoms. The molecule has 0 aromatic rings. The van der Waals surface area contributed by atoms with Crippen molar-refractivity contribution in [3.63, 3.8) is 0 Å². The van der Waals surface area contributed by atoms with Gasteiger partial charge in [-0.05, 0) is 0 Å². The van der Waals surface area contributed by atoms with E-state index in [1.807, 2.05) is 5.32 Å². The third-order valence-corrected chi connectivity index (χ3v) is 1.77. The average Bonchev–Trinajstić information content (AvgIpc) is 2.15. The Balaban J connectivity index is 4.23. The van der Waals surface area contributed by atoms with Crippen LogP contribution in [0, 0.1) is 0 Å². The Bertz CT molecular complexity index is 250. The number of nitrogens with zero attached hydrogens (tertiary/aromatic N) is 1. The van der Waals surface area contributed by atoms with Crippen molar-refractivity contribution in [2.45, 2.75) is 18.9 Å². The summed E-state index contributed by atoms with van der Waals surface area (Å²) >= 11 is 0. The number of hydrogen-bond donors (Lipinski definition) is 3. The van der Waals surface area contributed by atoms with Crippen LogP contribution in [0.1, 0.15) is 6.42 Å². The molecular weight excluding hydrogens is 226 g/mol. The number of halogens is 2. The van der Waals surface area contributed by atoms with Crippen molar-refractivity contribution < 1.29 is 28.6 Å². The maximum atomic E-state index is 11.9. The summed E-state index contributed by atoms with van der Waals surface area (Å²) < 4.78 is 23.8. The summed E-state index contributed by atoms with van der Waals surface area (Å²) in [7, 11) is 1.12. The highest BCUT2D eigenvalue weighted by Crippen LogP contribution is 1.98. The van der Waals surface area contributed by atoms with Gasteiger partial charge in [-0.2, -0.15) is 0 Å². The van der Waals surface area contributed by atoms with Crippen molar-refractivity contribution in [1.82, 2.24) is 10.2 Å². The molecule has 0 bridgehead atoms. The van der Waals surface area contributed by atoms with Crippen LogP contribution in [0.3, 0.4) is 0 Å². The van der Waals surface area contributed by atoms with Gasteiger partial charge in [-0.1, -0.05) is 0 Å². The largest absolute Gasteiger partial charge is 0.480 e. The van der Waals surface area contributed by atoms with E-state index >= 15 is 0 Å². The number of carbonyl (C=O) groups is 2. The molecule has 0 radical (unpaired) electrons. The SMILES string of the molecule is CN(CC(F)F)C(=O)NC(CCO)C(=O)O. The third-order valence-electron chi connectivity index (χ3n) is 1.77. The molecular formula is C8H14F2N2O4. The van der Waals surface area contributed by atoms with Gasteiger partial charge >= 0.3 is 12.0 Å². The van der Waals surface area contributed by atoms with E-state index < -0.39 is 37.6 Å². The Morgan fingerprint density at radius 1 is 1.44 bits per heavy atom. The molecule has 94 valence electrons. The van der Waals surface area contributed by atoms with E-state index in [4.69, 9.17) is 10.2 Å². The number of amides is 2.